The van der Waals surface area contributed by atoms with E-state index in [9.17, 15) is 9.59 Å². The molecule has 6 heteroatoms. The molecule has 6 nitrogen and oxygen atoms in total. The largest absolute Gasteiger partial charge is 0.496 e. The standard InChI is InChI=1S/C24H29NO5/c1-5-29-22(26)24(23(27)30-6-2)14-20-18(8-7-9-19(20)15-25-24)13-17-10-11-21(28-4)16(3)12-17/h7-12,25H,5-6,13-15H2,1-4H3. The molecule has 0 spiro atoms. The molecule has 30 heavy (non-hydrogen) atoms. The van der Waals surface area contributed by atoms with Crippen molar-refractivity contribution in [1.29, 1.82) is 0 Å². The van der Waals surface area contributed by atoms with Gasteiger partial charge in [-0.25, -0.2) is 9.59 Å². The number of hydrogen-bond donors (Lipinski definition) is 1. The van der Waals surface area contributed by atoms with Crippen LogP contribution in [-0.2, 0) is 38.4 Å². The number of esters is 2. The van der Waals surface area contributed by atoms with Crippen molar-refractivity contribution >= 4 is 11.9 Å². The minimum atomic E-state index is -1.52. The molecule has 0 radical (unpaired) electrons. The first kappa shape index (κ1) is 21.8. The lowest BCUT2D eigenvalue weighted by atomic mass is 9.81. The lowest BCUT2D eigenvalue weighted by molar-refractivity contribution is -0.166. The Kier molecular flexibility index (Phi) is 6.77. The topological polar surface area (TPSA) is 73.9 Å². The van der Waals surface area contributed by atoms with Crippen molar-refractivity contribution in [2.24, 2.45) is 0 Å². The zero-order chi connectivity index (χ0) is 21.7. The fourth-order valence-electron chi connectivity index (χ4n) is 3.97. The van der Waals surface area contributed by atoms with Crippen LogP contribution in [0.4, 0.5) is 0 Å². The Balaban J connectivity index is 1.98. The van der Waals surface area contributed by atoms with Gasteiger partial charge in [-0.1, -0.05) is 30.3 Å². The molecule has 0 bridgehead atoms. The second-order valence-corrected chi connectivity index (χ2v) is 7.41. The molecule has 0 saturated heterocycles. The Labute approximate surface area is 177 Å². The molecule has 1 aliphatic rings. The number of benzene rings is 2. The van der Waals surface area contributed by atoms with Crippen LogP contribution in [0.15, 0.2) is 36.4 Å². The van der Waals surface area contributed by atoms with Crippen LogP contribution in [0.5, 0.6) is 5.75 Å². The summed E-state index contributed by atoms with van der Waals surface area (Å²) in [6, 6.07) is 12.2. The summed E-state index contributed by atoms with van der Waals surface area (Å²) in [5.74, 6) is -0.338. The fourth-order valence-corrected chi connectivity index (χ4v) is 3.97. The molecule has 0 aromatic heterocycles. The monoisotopic (exact) mass is 411 g/mol. The van der Waals surface area contributed by atoms with Gasteiger partial charge in [0.25, 0.3) is 0 Å². The minimum absolute atomic E-state index is 0.196. The van der Waals surface area contributed by atoms with Gasteiger partial charge >= 0.3 is 11.9 Å². The van der Waals surface area contributed by atoms with Gasteiger partial charge in [0.2, 0.25) is 5.54 Å². The molecule has 0 unspecified atom stereocenters. The van der Waals surface area contributed by atoms with Gasteiger partial charge in [0, 0.05) is 13.0 Å². The first-order valence-electron chi connectivity index (χ1n) is 10.3. The number of methoxy groups -OCH3 is 1. The van der Waals surface area contributed by atoms with Gasteiger partial charge in [0.1, 0.15) is 5.75 Å². The Hall–Kier alpha value is -2.86. The Morgan fingerprint density at radius 1 is 1.07 bits per heavy atom. The van der Waals surface area contributed by atoms with E-state index < -0.39 is 17.5 Å². The van der Waals surface area contributed by atoms with Crippen LogP contribution in [0.25, 0.3) is 0 Å². The van der Waals surface area contributed by atoms with Gasteiger partial charge in [0.15, 0.2) is 0 Å². The van der Waals surface area contributed by atoms with Crippen molar-refractivity contribution in [1.82, 2.24) is 5.32 Å². The van der Waals surface area contributed by atoms with Crippen LogP contribution >= 0.6 is 0 Å². The maximum atomic E-state index is 12.8. The van der Waals surface area contributed by atoms with Crippen LogP contribution in [0, 0.1) is 6.92 Å². The zero-order valence-corrected chi connectivity index (χ0v) is 18.0. The van der Waals surface area contributed by atoms with E-state index in [1.54, 1.807) is 21.0 Å². The number of carbonyl (C=O) groups is 2. The van der Waals surface area contributed by atoms with Gasteiger partial charge in [-0.3, -0.25) is 5.32 Å². The number of aryl methyl sites for hydroxylation is 1. The second kappa shape index (κ2) is 9.30. The molecular formula is C24H29NO5. The fraction of sp³-hybridized carbons (Fsp3) is 0.417. The van der Waals surface area contributed by atoms with Crippen molar-refractivity contribution in [2.45, 2.75) is 45.7 Å². The summed E-state index contributed by atoms with van der Waals surface area (Å²) in [7, 11) is 1.66. The lowest BCUT2D eigenvalue weighted by Gasteiger charge is -2.35. The zero-order valence-electron chi connectivity index (χ0n) is 18.0. The highest BCUT2D eigenvalue weighted by Gasteiger charge is 2.51. The van der Waals surface area contributed by atoms with E-state index in [4.69, 9.17) is 14.2 Å². The summed E-state index contributed by atoms with van der Waals surface area (Å²) in [6.45, 7) is 6.25. The van der Waals surface area contributed by atoms with Gasteiger partial charge in [0.05, 0.1) is 20.3 Å². The summed E-state index contributed by atoms with van der Waals surface area (Å²) in [6.07, 6.45) is 0.890. The SMILES string of the molecule is CCOC(=O)C1(C(=O)OCC)Cc2c(cccc2Cc2ccc(OC)c(C)c2)CN1. The van der Waals surface area contributed by atoms with E-state index in [0.29, 0.717) is 13.0 Å². The van der Waals surface area contributed by atoms with E-state index in [1.165, 1.54) is 0 Å². The number of fused-ring (bicyclic) bond motifs is 1. The normalized spacial score (nSPS) is 14.5. The molecule has 2 aromatic carbocycles. The highest BCUT2D eigenvalue weighted by molar-refractivity contribution is 6.05. The van der Waals surface area contributed by atoms with E-state index in [1.807, 2.05) is 37.3 Å². The van der Waals surface area contributed by atoms with Crippen LogP contribution in [0.1, 0.15) is 41.7 Å². The molecule has 0 atom stereocenters. The quantitative estimate of drug-likeness (QED) is 0.558. The van der Waals surface area contributed by atoms with Crippen LogP contribution < -0.4 is 10.1 Å². The van der Waals surface area contributed by atoms with E-state index >= 15 is 0 Å². The summed E-state index contributed by atoms with van der Waals surface area (Å²) in [4.78, 5) is 25.7. The molecule has 1 heterocycles. The second-order valence-electron chi connectivity index (χ2n) is 7.41. The van der Waals surface area contributed by atoms with Crippen molar-refractivity contribution in [2.75, 3.05) is 20.3 Å². The molecule has 0 saturated carbocycles. The predicted octanol–water partition coefficient (Wildman–Crippen LogP) is 3.11. The first-order chi connectivity index (χ1) is 14.4. The van der Waals surface area contributed by atoms with Crippen molar-refractivity contribution < 1.29 is 23.8 Å². The van der Waals surface area contributed by atoms with E-state index in [0.717, 1.165) is 33.6 Å². The number of carbonyl (C=O) groups excluding carboxylic acids is 2. The van der Waals surface area contributed by atoms with E-state index in [-0.39, 0.29) is 19.6 Å². The lowest BCUT2D eigenvalue weighted by Crippen LogP contribution is -2.62. The number of rotatable bonds is 7. The Morgan fingerprint density at radius 3 is 2.37 bits per heavy atom. The van der Waals surface area contributed by atoms with E-state index in [2.05, 4.69) is 11.4 Å². The Morgan fingerprint density at radius 2 is 1.77 bits per heavy atom. The smallest absolute Gasteiger partial charge is 0.338 e. The van der Waals surface area contributed by atoms with Gasteiger partial charge in [-0.05, 0) is 61.1 Å². The van der Waals surface area contributed by atoms with Crippen LogP contribution in [-0.4, -0.2) is 37.8 Å². The third kappa shape index (κ3) is 4.19. The van der Waals surface area contributed by atoms with Crippen molar-refractivity contribution in [3.63, 3.8) is 0 Å². The van der Waals surface area contributed by atoms with Crippen molar-refractivity contribution in [3.8, 4) is 5.75 Å². The average Bonchev–Trinajstić information content (AvgIpc) is 2.74. The Bertz CT molecular complexity index is 919. The molecule has 1 N–H and O–H groups in total. The first-order valence-corrected chi connectivity index (χ1v) is 10.3. The molecule has 1 aliphatic heterocycles. The average molecular weight is 411 g/mol. The molecule has 160 valence electrons. The molecule has 0 aliphatic carbocycles. The summed E-state index contributed by atoms with van der Waals surface area (Å²) in [5.41, 5.74) is 3.82. The number of nitrogens with one attached hydrogen (secondary N) is 1. The summed E-state index contributed by atoms with van der Waals surface area (Å²) in [5, 5.41) is 3.11. The molecule has 0 amide bonds. The maximum absolute atomic E-state index is 12.8. The van der Waals surface area contributed by atoms with Crippen LogP contribution in [0.2, 0.25) is 0 Å². The van der Waals surface area contributed by atoms with Crippen molar-refractivity contribution in [3.05, 3.63) is 64.2 Å². The van der Waals surface area contributed by atoms with Crippen LogP contribution in [0.3, 0.4) is 0 Å². The third-order valence-electron chi connectivity index (χ3n) is 5.49. The number of ether oxygens (including phenoxy) is 3. The maximum Gasteiger partial charge on any atom is 0.338 e. The van der Waals surface area contributed by atoms with Gasteiger partial charge in [-0.15, -0.1) is 0 Å². The highest BCUT2D eigenvalue weighted by atomic mass is 16.6. The molecule has 2 aromatic rings. The number of hydrogen-bond acceptors (Lipinski definition) is 6. The highest BCUT2D eigenvalue weighted by Crippen LogP contribution is 2.30. The predicted molar refractivity (Wildman–Crippen MR) is 114 cm³/mol. The molecular weight excluding hydrogens is 382 g/mol. The molecule has 0 fully saturated rings. The molecule has 3 rings (SSSR count). The van der Waals surface area contributed by atoms with Gasteiger partial charge in [-0.2, -0.15) is 0 Å². The van der Waals surface area contributed by atoms with Gasteiger partial charge < -0.3 is 14.2 Å². The summed E-state index contributed by atoms with van der Waals surface area (Å²) < 4.78 is 15.9. The third-order valence-corrected chi connectivity index (χ3v) is 5.49. The summed E-state index contributed by atoms with van der Waals surface area (Å²) >= 11 is 0. The minimum Gasteiger partial charge on any atom is -0.496 e.